The lowest BCUT2D eigenvalue weighted by Crippen LogP contribution is -2.37. The molecule has 0 aliphatic heterocycles. The van der Waals surface area contributed by atoms with Crippen molar-refractivity contribution in [2.24, 2.45) is 0 Å². The van der Waals surface area contributed by atoms with Crippen LogP contribution in [0.3, 0.4) is 0 Å². The summed E-state index contributed by atoms with van der Waals surface area (Å²) in [7, 11) is 1.89. The lowest BCUT2D eigenvalue weighted by atomic mass is 10.1. The summed E-state index contributed by atoms with van der Waals surface area (Å²) >= 11 is 0. The minimum absolute atomic E-state index is 0.0246. The van der Waals surface area contributed by atoms with Gasteiger partial charge in [0.15, 0.2) is 0 Å². The fourth-order valence-corrected chi connectivity index (χ4v) is 3.27. The van der Waals surface area contributed by atoms with E-state index in [1.807, 2.05) is 24.2 Å². The van der Waals surface area contributed by atoms with Gasteiger partial charge in [-0.25, -0.2) is 9.97 Å². The van der Waals surface area contributed by atoms with Gasteiger partial charge in [-0.3, -0.25) is 9.36 Å². The molecule has 1 aliphatic carbocycles. The normalized spacial score (nSPS) is 13.7. The number of aromatic nitrogens is 3. The zero-order valence-electron chi connectivity index (χ0n) is 13.5. The third kappa shape index (κ3) is 2.58. The zero-order valence-corrected chi connectivity index (χ0v) is 13.5. The number of fused-ring (bicyclic) bond motifs is 1. The molecule has 0 fully saturated rings. The van der Waals surface area contributed by atoms with Crippen molar-refractivity contribution in [1.29, 1.82) is 0 Å². The van der Waals surface area contributed by atoms with Crippen molar-refractivity contribution in [2.75, 3.05) is 7.05 Å². The van der Waals surface area contributed by atoms with Gasteiger partial charge in [0.1, 0.15) is 12.1 Å². The van der Waals surface area contributed by atoms with Crippen molar-refractivity contribution in [1.82, 2.24) is 19.4 Å². The predicted octanol–water partition coefficient (Wildman–Crippen LogP) is 2.51. The molecule has 5 heteroatoms. The second-order valence-electron chi connectivity index (χ2n) is 6.12. The van der Waals surface area contributed by atoms with Crippen LogP contribution in [-0.2, 0) is 12.8 Å². The second kappa shape index (κ2) is 5.92. The van der Waals surface area contributed by atoms with E-state index in [0.717, 1.165) is 12.8 Å². The Morgan fingerprint density at radius 2 is 1.92 bits per heavy atom. The van der Waals surface area contributed by atoms with Crippen LogP contribution in [0, 0.1) is 0 Å². The molecule has 120 valence electrons. The van der Waals surface area contributed by atoms with Crippen molar-refractivity contribution in [3.8, 4) is 5.82 Å². The van der Waals surface area contributed by atoms with E-state index in [2.05, 4.69) is 34.2 Å². The summed E-state index contributed by atoms with van der Waals surface area (Å²) in [4.78, 5) is 23.1. The van der Waals surface area contributed by atoms with Crippen molar-refractivity contribution in [3.63, 3.8) is 0 Å². The number of amides is 1. The van der Waals surface area contributed by atoms with Gasteiger partial charge in [-0.2, -0.15) is 0 Å². The summed E-state index contributed by atoms with van der Waals surface area (Å²) in [5.41, 5.74) is 3.33. The van der Waals surface area contributed by atoms with Gasteiger partial charge in [0.2, 0.25) is 0 Å². The summed E-state index contributed by atoms with van der Waals surface area (Å²) in [6.45, 7) is 0. The Balaban J connectivity index is 1.55. The Labute approximate surface area is 140 Å². The van der Waals surface area contributed by atoms with Gasteiger partial charge in [0, 0.05) is 37.2 Å². The van der Waals surface area contributed by atoms with Gasteiger partial charge in [-0.05, 0) is 36.1 Å². The fourth-order valence-electron chi connectivity index (χ4n) is 3.27. The quantitative estimate of drug-likeness (QED) is 0.745. The molecule has 0 N–H and O–H groups in total. The number of nitrogens with zero attached hydrogens (tertiary/aromatic N) is 4. The topological polar surface area (TPSA) is 51.0 Å². The van der Waals surface area contributed by atoms with E-state index in [0.29, 0.717) is 11.4 Å². The maximum atomic E-state index is 12.9. The molecular formula is C19H18N4O. The maximum absolute atomic E-state index is 12.9. The summed E-state index contributed by atoms with van der Waals surface area (Å²) in [5.74, 6) is 0.720. The van der Waals surface area contributed by atoms with Crippen LogP contribution in [0.25, 0.3) is 5.82 Å². The van der Waals surface area contributed by atoms with Crippen LogP contribution in [-0.4, -0.2) is 38.4 Å². The monoisotopic (exact) mass is 318 g/mol. The molecule has 0 bridgehead atoms. The highest BCUT2D eigenvalue weighted by molar-refractivity contribution is 5.94. The Morgan fingerprint density at radius 3 is 2.58 bits per heavy atom. The Morgan fingerprint density at radius 1 is 1.17 bits per heavy atom. The highest BCUT2D eigenvalue weighted by Crippen LogP contribution is 2.25. The molecule has 1 aromatic carbocycles. The van der Waals surface area contributed by atoms with Crippen LogP contribution in [0.1, 0.15) is 21.5 Å². The smallest absolute Gasteiger partial charge is 0.254 e. The highest BCUT2D eigenvalue weighted by atomic mass is 16.2. The average Bonchev–Trinajstić information content (AvgIpc) is 3.30. The molecule has 1 aliphatic rings. The minimum atomic E-state index is 0.0246. The zero-order chi connectivity index (χ0) is 16.5. The first-order valence-corrected chi connectivity index (χ1v) is 8.00. The Kier molecular flexibility index (Phi) is 3.61. The van der Waals surface area contributed by atoms with Crippen molar-refractivity contribution >= 4 is 5.91 Å². The molecule has 0 atom stereocenters. The SMILES string of the molecule is CN(C(=O)c1ccnc(-n2ccnc2)c1)C1Cc2ccccc2C1. The average molecular weight is 318 g/mol. The van der Waals surface area contributed by atoms with Gasteiger partial charge in [-0.1, -0.05) is 24.3 Å². The van der Waals surface area contributed by atoms with Crippen LogP contribution in [0.4, 0.5) is 0 Å². The third-order valence-electron chi connectivity index (χ3n) is 4.66. The summed E-state index contributed by atoms with van der Waals surface area (Å²) in [6.07, 6.45) is 8.68. The van der Waals surface area contributed by atoms with E-state index in [-0.39, 0.29) is 11.9 Å². The number of benzene rings is 1. The van der Waals surface area contributed by atoms with Crippen LogP contribution in [0.15, 0.2) is 61.3 Å². The summed E-state index contributed by atoms with van der Waals surface area (Å²) in [5, 5.41) is 0. The van der Waals surface area contributed by atoms with Crippen molar-refractivity contribution in [3.05, 3.63) is 78.0 Å². The largest absolute Gasteiger partial charge is 0.338 e. The Hall–Kier alpha value is -2.95. The number of likely N-dealkylation sites (N-methyl/N-ethyl adjacent to an activating group) is 1. The standard InChI is InChI=1S/C19H18N4O/c1-22(17-10-14-4-2-3-5-15(14)11-17)19(24)16-6-7-21-18(12-16)23-9-8-20-13-23/h2-9,12-13,17H,10-11H2,1H3. The molecule has 2 aromatic heterocycles. The van der Waals surface area contributed by atoms with E-state index < -0.39 is 0 Å². The molecule has 5 nitrogen and oxygen atoms in total. The first-order chi connectivity index (χ1) is 11.7. The number of carbonyl (C=O) groups is 1. The molecule has 4 rings (SSSR count). The van der Waals surface area contributed by atoms with E-state index in [1.165, 1.54) is 11.1 Å². The maximum Gasteiger partial charge on any atom is 0.254 e. The van der Waals surface area contributed by atoms with Crippen LogP contribution in [0.5, 0.6) is 0 Å². The van der Waals surface area contributed by atoms with Gasteiger partial charge < -0.3 is 4.90 Å². The summed E-state index contributed by atoms with van der Waals surface area (Å²) < 4.78 is 1.79. The van der Waals surface area contributed by atoms with Crippen LogP contribution < -0.4 is 0 Å². The number of rotatable bonds is 3. The van der Waals surface area contributed by atoms with E-state index in [4.69, 9.17) is 0 Å². The third-order valence-corrected chi connectivity index (χ3v) is 4.66. The van der Waals surface area contributed by atoms with E-state index in [9.17, 15) is 4.79 Å². The molecular weight excluding hydrogens is 300 g/mol. The molecule has 1 amide bonds. The van der Waals surface area contributed by atoms with E-state index in [1.54, 1.807) is 29.4 Å². The van der Waals surface area contributed by atoms with Gasteiger partial charge >= 0.3 is 0 Å². The molecule has 0 saturated heterocycles. The first-order valence-electron chi connectivity index (χ1n) is 8.00. The second-order valence-corrected chi connectivity index (χ2v) is 6.12. The molecule has 0 radical (unpaired) electrons. The molecule has 0 spiro atoms. The summed E-state index contributed by atoms with van der Waals surface area (Å²) in [6, 6.07) is 12.2. The number of imidazole rings is 1. The first kappa shape index (κ1) is 14.6. The number of hydrogen-bond donors (Lipinski definition) is 0. The number of carbonyl (C=O) groups excluding carboxylic acids is 1. The van der Waals surface area contributed by atoms with Crippen LogP contribution >= 0.6 is 0 Å². The lowest BCUT2D eigenvalue weighted by Gasteiger charge is -2.24. The highest BCUT2D eigenvalue weighted by Gasteiger charge is 2.27. The van der Waals surface area contributed by atoms with Crippen molar-refractivity contribution in [2.45, 2.75) is 18.9 Å². The predicted molar refractivity (Wildman–Crippen MR) is 91.1 cm³/mol. The lowest BCUT2D eigenvalue weighted by molar-refractivity contribution is 0.0737. The molecule has 0 unspecified atom stereocenters. The minimum Gasteiger partial charge on any atom is -0.338 e. The van der Waals surface area contributed by atoms with Crippen LogP contribution in [0.2, 0.25) is 0 Å². The number of hydrogen-bond acceptors (Lipinski definition) is 3. The van der Waals surface area contributed by atoms with Crippen molar-refractivity contribution < 1.29 is 4.79 Å². The molecule has 2 heterocycles. The van der Waals surface area contributed by atoms with Gasteiger partial charge in [-0.15, -0.1) is 0 Å². The molecule has 3 aromatic rings. The van der Waals surface area contributed by atoms with Gasteiger partial charge in [0.25, 0.3) is 5.91 Å². The Bertz CT molecular complexity index is 848. The fraction of sp³-hybridized carbons (Fsp3) is 0.211. The molecule has 0 saturated carbocycles. The number of pyridine rings is 1. The van der Waals surface area contributed by atoms with E-state index >= 15 is 0 Å². The van der Waals surface area contributed by atoms with Gasteiger partial charge in [0.05, 0.1) is 0 Å². The molecule has 24 heavy (non-hydrogen) atoms.